The van der Waals surface area contributed by atoms with Gasteiger partial charge in [0.05, 0.1) is 4.70 Å². The van der Waals surface area contributed by atoms with Gasteiger partial charge in [0.25, 0.3) is 0 Å². The molecule has 154 valence electrons. The first-order valence-corrected chi connectivity index (χ1v) is 11.4. The molecule has 4 nitrogen and oxygen atoms in total. The van der Waals surface area contributed by atoms with Crippen molar-refractivity contribution in [3.05, 3.63) is 53.8 Å². The minimum atomic E-state index is -0.348. The number of likely N-dealkylation sites (N-methyl/N-ethyl adjacent to an activating group) is 1. The number of nitrogens with zero attached hydrogens (tertiary/aromatic N) is 3. The van der Waals surface area contributed by atoms with Crippen molar-refractivity contribution in [2.24, 2.45) is 0 Å². The molecule has 1 amide bonds. The molecule has 0 fully saturated rings. The largest absolute Gasteiger partial charge is 0.308 e. The summed E-state index contributed by atoms with van der Waals surface area (Å²) in [6.07, 6.45) is 1.24. The fourth-order valence-corrected chi connectivity index (χ4v) is 4.70. The van der Waals surface area contributed by atoms with Crippen LogP contribution in [0.5, 0.6) is 0 Å². The Balaban J connectivity index is 1.64. The number of thioether (sulfide) groups is 1. The third-order valence-electron chi connectivity index (χ3n) is 4.49. The summed E-state index contributed by atoms with van der Waals surface area (Å²) in [5, 5.41) is 0.572. The minimum absolute atomic E-state index is 0.0378. The lowest BCUT2D eigenvalue weighted by Gasteiger charge is -2.22. The number of aromatic nitrogens is 1. The molecule has 2 aromatic carbocycles. The summed E-state index contributed by atoms with van der Waals surface area (Å²) < 4.78 is 14.8. The third kappa shape index (κ3) is 6.01. The second-order valence-electron chi connectivity index (χ2n) is 7.20. The van der Waals surface area contributed by atoms with Gasteiger partial charge < -0.3 is 4.90 Å². The second kappa shape index (κ2) is 10.2. The summed E-state index contributed by atoms with van der Waals surface area (Å²) in [4.78, 5) is 22.3. The van der Waals surface area contributed by atoms with Gasteiger partial charge in [0.2, 0.25) is 5.91 Å². The molecule has 1 aromatic heterocycles. The Morgan fingerprint density at radius 2 is 1.90 bits per heavy atom. The molecular formula is C22H26FN3OS2. The van der Waals surface area contributed by atoms with Gasteiger partial charge in [0.1, 0.15) is 11.3 Å². The Bertz CT molecular complexity index is 956. The summed E-state index contributed by atoms with van der Waals surface area (Å²) in [6.45, 7) is 3.34. The van der Waals surface area contributed by atoms with Crippen LogP contribution in [0.3, 0.4) is 0 Å². The lowest BCUT2D eigenvalue weighted by atomic mass is 10.2. The number of rotatable bonds is 9. The quantitative estimate of drug-likeness (QED) is 0.344. The van der Waals surface area contributed by atoms with Crippen molar-refractivity contribution >= 4 is 44.4 Å². The molecule has 0 aliphatic heterocycles. The van der Waals surface area contributed by atoms with Crippen molar-refractivity contribution in [1.29, 1.82) is 0 Å². The lowest BCUT2D eigenvalue weighted by molar-refractivity contribution is -0.118. The highest BCUT2D eigenvalue weighted by molar-refractivity contribution is 7.99. The van der Waals surface area contributed by atoms with Gasteiger partial charge in [-0.05, 0) is 57.5 Å². The second-order valence-corrected chi connectivity index (χ2v) is 9.37. The number of anilines is 1. The van der Waals surface area contributed by atoms with Gasteiger partial charge in [-0.3, -0.25) is 9.69 Å². The van der Waals surface area contributed by atoms with Gasteiger partial charge >= 0.3 is 0 Å². The number of carbonyl (C=O) groups is 1. The maximum absolute atomic E-state index is 14.0. The Kier molecular flexibility index (Phi) is 7.64. The van der Waals surface area contributed by atoms with Crippen LogP contribution in [-0.4, -0.2) is 48.7 Å². The van der Waals surface area contributed by atoms with Gasteiger partial charge in [-0.2, -0.15) is 0 Å². The molecule has 1 heterocycles. The molecule has 0 saturated heterocycles. The number of para-hydroxylation sites is 1. The van der Waals surface area contributed by atoms with Gasteiger partial charge in [-0.15, -0.1) is 11.8 Å². The van der Waals surface area contributed by atoms with Crippen LogP contribution in [0.25, 0.3) is 10.2 Å². The molecule has 0 saturated carbocycles. The van der Waals surface area contributed by atoms with E-state index in [9.17, 15) is 9.18 Å². The molecule has 0 spiro atoms. The lowest BCUT2D eigenvalue weighted by Crippen LogP contribution is -2.36. The zero-order valence-corrected chi connectivity index (χ0v) is 18.7. The molecule has 3 aromatic rings. The Labute approximate surface area is 179 Å². The number of aryl methyl sites for hydroxylation is 1. The zero-order chi connectivity index (χ0) is 20.8. The Morgan fingerprint density at radius 1 is 1.14 bits per heavy atom. The van der Waals surface area contributed by atoms with Gasteiger partial charge in [0, 0.05) is 24.4 Å². The van der Waals surface area contributed by atoms with E-state index in [-0.39, 0.29) is 11.7 Å². The monoisotopic (exact) mass is 431 g/mol. The molecule has 3 rings (SSSR count). The highest BCUT2D eigenvalue weighted by Crippen LogP contribution is 2.31. The predicted octanol–water partition coefficient (Wildman–Crippen LogP) is 5.21. The van der Waals surface area contributed by atoms with Gasteiger partial charge in [0.15, 0.2) is 5.13 Å². The van der Waals surface area contributed by atoms with Crippen LogP contribution in [0.1, 0.15) is 18.4 Å². The number of halogens is 1. The first kappa shape index (κ1) is 21.7. The van der Waals surface area contributed by atoms with E-state index >= 15 is 0 Å². The average molecular weight is 432 g/mol. The molecule has 29 heavy (non-hydrogen) atoms. The standard InChI is InChI=1S/C22H26FN3OS2/c1-16-9-11-17(12-10-16)28-15-5-8-20(27)26(14-13-25(2)3)22-24-21-18(23)6-4-7-19(21)29-22/h4,6-7,9-12H,5,8,13-15H2,1-3H3. The van der Waals surface area contributed by atoms with Crippen molar-refractivity contribution in [2.75, 3.05) is 37.8 Å². The zero-order valence-electron chi connectivity index (χ0n) is 17.0. The van der Waals surface area contributed by atoms with Crippen LogP contribution in [-0.2, 0) is 4.79 Å². The summed E-state index contributed by atoms with van der Waals surface area (Å²) in [5.74, 6) is 0.570. The third-order valence-corrected chi connectivity index (χ3v) is 6.63. The number of fused-ring (bicyclic) bond motifs is 1. The SMILES string of the molecule is Cc1ccc(SCCCC(=O)N(CCN(C)C)c2nc3c(F)cccc3s2)cc1. The van der Waals surface area contributed by atoms with Crippen molar-refractivity contribution < 1.29 is 9.18 Å². The number of carbonyl (C=O) groups excluding carboxylic acids is 1. The Hall–Kier alpha value is -1.96. The molecule has 0 bridgehead atoms. The minimum Gasteiger partial charge on any atom is -0.308 e. The van der Waals surface area contributed by atoms with Crippen LogP contribution >= 0.6 is 23.1 Å². The molecular weight excluding hydrogens is 405 g/mol. The van der Waals surface area contributed by atoms with E-state index in [0.717, 1.165) is 23.4 Å². The fourth-order valence-electron chi connectivity index (χ4n) is 2.83. The molecule has 0 N–H and O–H groups in total. The van der Waals surface area contributed by atoms with Crippen LogP contribution < -0.4 is 4.90 Å². The average Bonchev–Trinajstić information content (AvgIpc) is 3.12. The normalized spacial score (nSPS) is 11.3. The summed E-state index contributed by atoms with van der Waals surface area (Å²) in [5.41, 5.74) is 1.58. The molecule has 0 aliphatic carbocycles. The number of hydrogen-bond donors (Lipinski definition) is 0. The molecule has 7 heteroatoms. The van der Waals surface area contributed by atoms with E-state index in [0.29, 0.717) is 23.6 Å². The predicted molar refractivity (Wildman–Crippen MR) is 122 cm³/mol. The Morgan fingerprint density at radius 3 is 2.59 bits per heavy atom. The highest BCUT2D eigenvalue weighted by Gasteiger charge is 2.20. The maximum atomic E-state index is 14.0. The van der Waals surface area contributed by atoms with E-state index in [1.165, 1.54) is 27.9 Å². The van der Waals surface area contributed by atoms with Crippen LogP contribution in [0.2, 0.25) is 0 Å². The van der Waals surface area contributed by atoms with E-state index in [1.54, 1.807) is 22.7 Å². The maximum Gasteiger partial charge on any atom is 0.228 e. The first-order chi connectivity index (χ1) is 13.9. The molecule has 0 aliphatic rings. The van der Waals surface area contributed by atoms with E-state index in [1.807, 2.05) is 25.1 Å². The van der Waals surface area contributed by atoms with E-state index < -0.39 is 0 Å². The summed E-state index contributed by atoms with van der Waals surface area (Å²) >= 11 is 3.13. The van der Waals surface area contributed by atoms with E-state index in [4.69, 9.17) is 0 Å². The summed E-state index contributed by atoms with van der Waals surface area (Å²) in [7, 11) is 3.94. The number of amides is 1. The van der Waals surface area contributed by atoms with Crippen LogP contribution in [0.4, 0.5) is 9.52 Å². The molecule has 0 radical (unpaired) electrons. The van der Waals surface area contributed by atoms with Gasteiger partial charge in [-0.1, -0.05) is 35.1 Å². The summed E-state index contributed by atoms with van der Waals surface area (Å²) in [6, 6.07) is 13.3. The van der Waals surface area contributed by atoms with E-state index in [2.05, 4.69) is 36.2 Å². The van der Waals surface area contributed by atoms with Crippen molar-refractivity contribution in [1.82, 2.24) is 9.88 Å². The first-order valence-electron chi connectivity index (χ1n) is 9.63. The topological polar surface area (TPSA) is 36.4 Å². The van der Waals surface area contributed by atoms with Crippen molar-refractivity contribution in [3.63, 3.8) is 0 Å². The van der Waals surface area contributed by atoms with Crippen LogP contribution in [0.15, 0.2) is 47.4 Å². The number of benzene rings is 2. The number of thiazole rings is 1. The molecule has 0 atom stereocenters. The van der Waals surface area contributed by atoms with Crippen molar-refractivity contribution in [2.45, 2.75) is 24.7 Å². The van der Waals surface area contributed by atoms with Crippen molar-refractivity contribution in [3.8, 4) is 0 Å². The fraction of sp³-hybridized carbons (Fsp3) is 0.364. The molecule has 0 unspecified atom stereocenters. The van der Waals surface area contributed by atoms with Crippen LogP contribution in [0, 0.1) is 12.7 Å². The number of hydrogen-bond acceptors (Lipinski definition) is 5. The highest BCUT2D eigenvalue weighted by atomic mass is 32.2. The van der Waals surface area contributed by atoms with Gasteiger partial charge in [-0.25, -0.2) is 9.37 Å². The smallest absolute Gasteiger partial charge is 0.228 e.